The maximum atomic E-state index is 14.4. The number of rotatable bonds is 6. The van der Waals surface area contributed by atoms with Crippen LogP contribution < -0.4 is 15.4 Å². The zero-order valence-corrected chi connectivity index (χ0v) is 18.1. The largest absolute Gasteiger partial charge is 0.486 e. The first-order valence-electron chi connectivity index (χ1n) is 9.53. The molecule has 3 heterocycles. The van der Waals surface area contributed by atoms with E-state index in [1.54, 1.807) is 12.4 Å². The SMILES string of the molecule is C[C@@H]1CCN1c1ncc(C(=N)c2cc(OCc3c(Cl)cncc3Cl)c(F)cc2N)cn1. The summed E-state index contributed by atoms with van der Waals surface area (Å²) in [5.41, 5.74) is 7.39. The van der Waals surface area contributed by atoms with Gasteiger partial charge in [0.25, 0.3) is 0 Å². The molecule has 3 N–H and O–H groups in total. The molecule has 10 heteroatoms. The molecule has 160 valence electrons. The average molecular weight is 461 g/mol. The second-order valence-electron chi connectivity index (χ2n) is 7.22. The minimum Gasteiger partial charge on any atom is -0.486 e. The van der Waals surface area contributed by atoms with Crippen molar-refractivity contribution in [2.45, 2.75) is 26.0 Å². The van der Waals surface area contributed by atoms with Crippen LogP contribution in [0.25, 0.3) is 0 Å². The van der Waals surface area contributed by atoms with Crippen molar-refractivity contribution in [2.24, 2.45) is 0 Å². The fourth-order valence-electron chi connectivity index (χ4n) is 3.19. The fourth-order valence-corrected chi connectivity index (χ4v) is 3.66. The number of hydrogen-bond acceptors (Lipinski definition) is 7. The van der Waals surface area contributed by atoms with Gasteiger partial charge in [0.1, 0.15) is 6.61 Å². The van der Waals surface area contributed by atoms with Gasteiger partial charge in [-0.25, -0.2) is 14.4 Å². The molecule has 4 rings (SSSR count). The first kappa shape index (κ1) is 21.3. The fraction of sp³-hybridized carbons (Fsp3) is 0.238. The number of hydrogen-bond donors (Lipinski definition) is 2. The van der Waals surface area contributed by atoms with Crippen molar-refractivity contribution in [1.82, 2.24) is 15.0 Å². The monoisotopic (exact) mass is 460 g/mol. The van der Waals surface area contributed by atoms with Gasteiger partial charge in [0.15, 0.2) is 11.6 Å². The molecule has 1 aliphatic rings. The maximum absolute atomic E-state index is 14.4. The second kappa shape index (κ2) is 8.64. The van der Waals surface area contributed by atoms with E-state index in [9.17, 15) is 4.39 Å². The van der Waals surface area contributed by atoms with Gasteiger partial charge in [-0.3, -0.25) is 10.4 Å². The van der Waals surface area contributed by atoms with Crippen LogP contribution in [0.5, 0.6) is 5.75 Å². The predicted molar refractivity (Wildman–Crippen MR) is 119 cm³/mol. The van der Waals surface area contributed by atoms with Crippen molar-refractivity contribution >= 4 is 40.5 Å². The number of halogens is 3. The summed E-state index contributed by atoms with van der Waals surface area (Å²) in [5.74, 6) is -0.115. The Morgan fingerprint density at radius 3 is 2.48 bits per heavy atom. The quantitative estimate of drug-likeness (QED) is 0.414. The molecule has 3 aromatic rings. The van der Waals surface area contributed by atoms with Gasteiger partial charge in [0, 0.05) is 65.8 Å². The molecule has 1 saturated heterocycles. The van der Waals surface area contributed by atoms with Crippen LogP contribution in [-0.2, 0) is 6.61 Å². The van der Waals surface area contributed by atoms with Gasteiger partial charge in [0.2, 0.25) is 5.95 Å². The molecule has 0 amide bonds. The van der Waals surface area contributed by atoms with E-state index in [1.807, 2.05) is 0 Å². The lowest BCUT2D eigenvalue weighted by molar-refractivity contribution is 0.290. The van der Waals surface area contributed by atoms with Gasteiger partial charge < -0.3 is 15.4 Å². The van der Waals surface area contributed by atoms with Crippen molar-refractivity contribution in [2.75, 3.05) is 17.2 Å². The molecular formula is C21H19Cl2FN6O. The lowest BCUT2D eigenvalue weighted by Gasteiger charge is -2.38. The van der Waals surface area contributed by atoms with Gasteiger partial charge in [-0.15, -0.1) is 0 Å². The predicted octanol–water partition coefficient (Wildman–Crippen LogP) is 4.49. The Morgan fingerprint density at radius 2 is 1.90 bits per heavy atom. The molecule has 1 aromatic carbocycles. The summed E-state index contributed by atoms with van der Waals surface area (Å²) >= 11 is 12.2. The Morgan fingerprint density at radius 1 is 1.23 bits per heavy atom. The average Bonchev–Trinajstić information content (AvgIpc) is 2.73. The molecule has 7 nitrogen and oxygen atoms in total. The lowest BCUT2D eigenvalue weighted by Crippen LogP contribution is -2.46. The highest BCUT2D eigenvalue weighted by molar-refractivity contribution is 6.35. The topological polar surface area (TPSA) is 101 Å². The van der Waals surface area contributed by atoms with Gasteiger partial charge in [-0.05, 0) is 19.4 Å². The molecule has 0 unspecified atom stereocenters. The number of nitrogens with zero attached hydrogens (tertiary/aromatic N) is 4. The van der Waals surface area contributed by atoms with E-state index in [1.165, 1.54) is 18.5 Å². The Hall–Kier alpha value is -2.97. The van der Waals surface area contributed by atoms with Gasteiger partial charge >= 0.3 is 0 Å². The van der Waals surface area contributed by atoms with Crippen LogP contribution in [0, 0.1) is 11.2 Å². The molecule has 0 bridgehead atoms. The van der Waals surface area contributed by atoms with E-state index < -0.39 is 5.82 Å². The zero-order valence-electron chi connectivity index (χ0n) is 16.6. The summed E-state index contributed by atoms with van der Waals surface area (Å²) < 4.78 is 20.0. The molecule has 1 atom stereocenters. The molecule has 0 spiro atoms. The van der Waals surface area contributed by atoms with Crippen LogP contribution in [0.3, 0.4) is 0 Å². The van der Waals surface area contributed by atoms with E-state index in [0.29, 0.717) is 38.7 Å². The van der Waals surface area contributed by atoms with E-state index in [-0.39, 0.29) is 23.8 Å². The minimum atomic E-state index is -0.659. The number of aromatic nitrogens is 3. The summed E-state index contributed by atoms with van der Waals surface area (Å²) in [6, 6.07) is 2.90. The summed E-state index contributed by atoms with van der Waals surface area (Å²) in [6.45, 7) is 2.95. The van der Waals surface area contributed by atoms with Crippen molar-refractivity contribution in [3.8, 4) is 5.75 Å². The number of ether oxygens (including phenoxy) is 1. The van der Waals surface area contributed by atoms with Gasteiger partial charge in [-0.1, -0.05) is 23.2 Å². The molecule has 0 aliphatic carbocycles. The normalized spacial score (nSPS) is 15.5. The highest BCUT2D eigenvalue weighted by Gasteiger charge is 2.26. The second-order valence-corrected chi connectivity index (χ2v) is 8.03. The van der Waals surface area contributed by atoms with Crippen molar-refractivity contribution in [3.63, 3.8) is 0 Å². The first-order chi connectivity index (χ1) is 14.8. The number of anilines is 2. The standard InChI is InChI=1S/C21H19Cl2FN6O/c1-11-2-3-30(11)21-28-6-12(7-29-21)20(26)13-4-19(17(24)5-18(13)25)31-10-14-15(22)8-27-9-16(14)23/h4-9,11,26H,2-3,10,25H2,1H3/t11-/m1/s1. The third-order valence-corrected chi connectivity index (χ3v) is 5.85. The van der Waals surface area contributed by atoms with Crippen LogP contribution in [0.15, 0.2) is 36.9 Å². The van der Waals surface area contributed by atoms with Crippen molar-refractivity contribution in [1.29, 1.82) is 5.41 Å². The third-order valence-electron chi connectivity index (χ3n) is 5.20. The Labute approximate surface area is 188 Å². The Bertz CT molecular complexity index is 1120. The molecule has 2 aromatic heterocycles. The van der Waals surface area contributed by atoms with Crippen molar-refractivity contribution < 1.29 is 9.13 Å². The van der Waals surface area contributed by atoms with Crippen LogP contribution >= 0.6 is 23.2 Å². The third kappa shape index (κ3) is 4.26. The molecule has 1 fully saturated rings. The maximum Gasteiger partial charge on any atom is 0.225 e. The van der Waals surface area contributed by atoms with E-state index in [2.05, 4.69) is 26.8 Å². The molecular weight excluding hydrogens is 442 g/mol. The van der Waals surface area contributed by atoms with E-state index in [4.69, 9.17) is 39.1 Å². The Kier molecular flexibility index (Phi) is 5.93. The molecule has 31 heavy (non-hydrogen) atoms. The van der Waals surface area contributed by atoms with Gasteiger partial charge in [-0.2, -0.15) is 0 Å². The number of nitrogens with one attached hydrogen (secondary N) is 1. The number of nitrogens with two attached hydrogens (primary N) is 1. The van der Waals surface area contributed by atoms with Crippen LogP contribution in [0.4, 0.5) is 16.0 Å². The highest BCUT2D eigenvalue weighted by Crippen LogP contribution is 2.29. The van der Waals surface area contributed by atoms with Crippen LogP contribution in [0.2, 0.25) is 10.0 Å². The summed E-state index contributed by atoms with van der Waals surface area (Å²) in [6.07, 6.45) is 7.09. The van der Waals surface area contributed by atoms with Crippen LogP contribution in [-0.4, -0.2) is 33.3 Å². The molecule has 0 saturated carbocycles. The number of benzene rings is 1. The van der Waals surface area contributed by atoms with Crippen molar-refractivity contribution in [3.05, 3.63) is 69.5 Å². The smallest absolute Gasteiger partial charge is 0.225 e. The number of nitrogen functional groups attached to an aromatic ring is 1. The molecule has 1 aliphatic heterocycles. The zero-order chi connectivity index (χ0) is 22.1. The summed E-state index contributed by atoms with van der Waals surface area (Å²) in [5, 5.41) is 9.14. The van der Waals surface area contributed by atoms with Gasteiger partial charge in [0.05, 0.1) is 15.8 Å². The summed E-state index contributed by atoms with van der Waals surface area (Å²) in [4.78, 5) is 14.7. The minimum absolute atomic E-state index is 0.0607. The molecule has 0 radical (unpaired) electrons. The first-order valence-corrected chi connectivity index (χ1v) is 10.3. The summed E-state index contributed by atoms with van der Waals surface area (Å²) in [7, 11) is 0. The van der Waals surface area contributed by atoms with Crippen LogP contribution in [0.1, 0.15) is 30.0 Å². The number of pyridine rings is 1. The lowest BCUT2D eigenvalue weighted by atomic mass is 10.0. The Balaban J connectivity index is 1.56. The van der Waals surface area contributed by atoms with E-state index >= 15 is 0 Å². The van der Waals surface area contributed by atoms with E-state index in [0.717, 1.165) is 19.0 Å². The highest BCUT2D eigenvalue weighted by atomic mass is 35.5.